The number of carbonyl (C=O) groups is 2. The number of carbonyl (C=O) groups excluding carboxylic acids is 2. The van der Waals surface area contributed by atoms with E-state index in [4.69, 9.17) is 20.4 Å². The van der Waals surface area contributed by atoms with Crippen LogP contribution in [0.3, 0.4) is 0 Å². The summed E-state index contributed by atoms with van der Waals surface area (Å²) in [5.74, 6) is -2.67. The van der Waals surface area contributed by atoms with Crippen LogP contribution in [-0.4, -0.2) is 85.0 Å². The van der Waals surface area contributed by atoms with Crippen LogP contribution < -0.4 is 20.8 Å². The summed E-state index contributed by atoms with van der Waals surface area (Å²) in [6.07, 6.45) is 0. The molecule has 0 unspecified atom stereocenters. The second kappa shape index (κ2) is 22.5. The Bertz CT molecular complexity index is 423. The normalized spacial score (nSPS) is 9.04. The van der Waals surface area contributed by atoms with Crippen LogP contribution in [0.15, 0.2) is 24.3 Å². The van der Waals surface area contributed by atoms with Crippen LogP contribution in [0, 0.1) is 0 Å². The van der Waals surface area contributed by atoms with Crippen molar-refractivity contribution in [2.45, 2.75) is 0 Å². The molecule has 0 bridgehead atoms. The molecule has 6 N–H and O–H groups in total. The minimum Gasteiger partial charge on any atom is -0.545 e. The predicted octanol–water partition coefficient (Wildman–Crippen LogP) is -4.47. The zero-order valence-electron chi connectivity index (χ0n) is 14.7. The molecule has 0 amide bonds. The van der Waals surface area contributed by atoms with Gasteiger partial charge in [0.2, 0.25) is 0 Å². The van der Waals surface area contributed by atoms with E-state index in [1.807, 2.05) is 0 Å². The molecule has 0 aliphatic carbocycles. The van der Waals surface area contributed by atoms with E-state index in [9.17, 15) is 19.8 Å². The average Bonchev–Trinajstić information content (AvgIpc) is 2.64. The van der Waals surface area contributed by atoms with Gasteiger partial charge >= 0.3 is 17.1 Å². The topological polar surface area (TPSA) is 185 Å². The van der Waals surface area contributed by atoms with Crippen molar-refractivity contribution >= 4 is 11.9 Å². The summed E-state index contributed by atoms with van der Waals surface area (Å²) in [6.45, 7) is 2.84. The zero-order valence-corrected chi connectivity index (χ0v) is 15.6. The molecule has 11 heteroatoms. The van der Waals surface area contributed by atoms with Crippen molar-refractivity contribution in [3.8, 4) is 0 Å². The van der Waals surface area contributed by atoms with Crippen LogP contribution in [0.4, 0.5) is 0 Å². The van der Waals surface area contributed by atoms with Crippen LogP contribution >= 0.6 is 0 Å². The molecule has 1 rings (SSSR count). The molecule has 1 radical (unpaired) electrons. The summed E-state index contributed by atoms with van der Waals surface area (Å²) in [7, 11) is 0. The Kier molecular flexibility index (Phi) is 25.1. The molecule has 1 aromatic carbocycles. The Morgan fingerprint density at radius 2 is 0.889 bits per heavy atom. The van der Waals surface area contributed by atoms with Crippen LogP contribution in [0.2, 0.25) is 0 Å². The Hall–Kier alpha value is -1.56. The number of carboxylic acid groups (broad SMARTS) is 2. The van der Waals surface area contributed by atoms with Gasteiger partial charge in [0.05, 0.1) is 38.4 Å². The van der Waals surface area contributed by atoms with Gasteiger partial charge in [-0.15, -0.1) is 0 Å². The Morgan fingerprint density at radius 1 is 0.667 bits per heavy atom. The maximum absolute atomic E-state index is 10.2. The Morgan fingerprint density at radius 3 is 1.04 bits per heavy atom. The van der Waals surface area contributed by atoms with Gasteiger partial charge in [0, 0.05) is 26.2 Å². The first-order valence-electron chi connectivity index (χ1n) is 7.82. The van der Waals surface area contributed by atoms with E-state index in [-0.39, 0.29) is 54.6 Å². The predicted molar refractivity (Wildman–Crippen MR) is 89.2 cm³/mol. The third-order valence-electron chi connectivity index (χ3n) is 2.51. The SMILES string of the molecule is O=C([O-])c1ccc(C(=O)[O-])cc1.OCCNCCO.OCCNCCO.[Cu+2]. The van der Waals surface area contributed by atoms with E-state index >= 15 is 0 Å². The quantitative estimate of drug-likeness (QED) is 0.154. The first-order valence-corrected chi connectivity index (χ1v) is 7.82. The molecule has 10 nitrogen and oxygen atoms in total. The molecule has 0 saturated heterocycles. The smallest absolute Gasteiger partial charge is 0.545 e. The van der Waals surface area contributed by atoms with Gasteiger partial charge < -0.3 is 50.9 Å². The van der Waals surface area contributed by atoms with E-state index in [1.54, 1.807) is 0 Å². The van der Waals surface area contributed by atoms with E-state index in [2.05, 4.69) is 10.6 Å². The van der Waals surface area contributed by atoms with Gasteiger partial charge in [-0.1, -0.05) is 24.3 Å². The summed E-state index contributed by atoms with van der Waals surface area (Å²) in [6, 6.07) is 4.61. The molecule has 0 aromatic heterocycles. The number of rotatable bonds is 10. The minimum absolute atomic E-state index is 0. The van der Waals surface area contributed by atoms with E-state index in [1.165, 1.54) is 0 Å². The molecular weight excluding hydrogens is 412 g/mol. The molecule has 0 saturated carbocycles. The molecule has 0 aliphatic rings. The van der Waals surface area contributed by atoms with Crippen molar-refractivity contribution in [3.63, 3.8) is 0 Å². The second-order valence-corrected chi connectivity index (χ2v) is 4.55. The fourth-order valence-corrected chi connectivity index (χ4v) is 1.31. The number of hydrogen-bond donors (Lipinski definition) is 6. The summed E-state index contributed by atoms with van der Waals surface area (Å²) in [5.41, 5.74) is -0.111. The fraction of sp³-hybridized carbons (Fsp3) is 0.500. The molecule has 0 heterocycles. The standard InChI is InChI=1S/C8H6O4.2C4H11NO2.Cu/c9-7(10)5-1-2-6(4-3-5)8(11)12;2*6-3-1-5-2-4-7;/h1-4H,(H,9,10)(H,11,12);2*5-7H,1-4H2;/q;;;+2/p-2. The molecule has 1 aromatic rings. The fourth-order valence-electron chi connectivity index (χ4n) is 1.31. The average molecular weight is 438 g/mol. The first kappa shape index (κ1) is 30.2. The third-order valence-corrected chi connectivity index (χ3v) is 2.51. The number of hydrogen-bond acceptors (Lipinski definition) is 10. The zero-order chi connectivity index (χ0) is 20.2. The largest absolute Gasteiger partial charge is 2.00 e. The Balaban J connectivity index is -0.000000336. The summed E-state index contributed by atoms with van der Waals surface area (Å²) < 4.78 is 0. The molecular formula is C16H26CuN2O8. The Labute approximate surface area is 168 Å². The number of benzene rings is 1. The van der Waals surface area contributed by atoms with Crippen molar-refractivity contribution in [3.05, 3.63) is 35.4 Å². The van der Waals surface area contributed by atoms with Crippen LogP contribution in [0.5, 0.6) is 0 Å². The van der Waals surface area contributed by atoms with Crippen LogP contribution in [0.1, 0.15) is 20.7 Å². The van der Waals surface area contributed by atoms with Crippen LogP contribution in [0.25, 0.3) is 0 Å². The first-order chi connectivity index (χ1) is 12.4. The van der Waals surface area contributed by atoms with Gasteiger partial charge in [-0.3, -0.25) is 0 Å². The number of aliphatic hydroxyl groups excluding tert-OH is 4. The summed E-state index contributed by atoms with van der Waals surface area (Å²) in [4.78, 5) is 20.4. The summed E-state index contributed by atoms with van der Waals surface area (Å²) in [5, 5.41) is 58.6. The van der Waals surface area contributed by atoms with Gasteiger partial charge in [-0.25, -0.2) is 0 Å². The third kappa shape index (κ3) is 20.6. The molecule has 0 spiro atoms. The number of nitrogens with one attached hydrogen (secondary N) is 2. The van der Waals surface area contributed by atoms with Crippen molar-refractivity contribution in [2.24, 2.45) is 0 Å². The molecule has 159 valence electrons. The molecule has 0 fully saturated rings. The van der Waals surface area contributed by atoms with Crippen molar-refractivity contribution in [1.29, 1.82) is 0 Å². The summed E-state index contributed by atoms with van der Waals surface area (Å²) >= 11 is 0. The maximum Gasteiger partial charge on any atom is 2.00 e. The number of carboxylic acids is 2. The number of aromatic carboxylic acids is 2. The minimum atomic E-state index is -1.33. The molecule has 0 atom stereocenters. The van der Waals surface area contributed by atoms with Gasteiger partial charge in [0.25, 0.3) is 0 Å². The number of aliphatic hydroxyl groups is 4. The van der Waals surface area contributed by atoms with Crippen molar-refractivity contribution < 1.29 is 57.3 Å². The van der Waals surface area contributed by atoms with Crippen LogP contribution in [-0.2, 0) is 17.1 Å². The van der Waals surface area contributed by atoms with Gasteiger partial charge in [0.15, 0.2) is 0 Å². The molecule has 27 heavy (non-hydrogen) atoms. The van der Waals surface area contributed by atoms with Crippen molar-refractivity contribution in [2.75, 3.05) is 52.6 Å². The van der Waals surface area contributed by atoms with Gasteiger partial charge in [-0.2, -0.15) is 0 Å². The second-order valence-electron chi connectivity index (χ2n) is 4.55. The van der Waals surface area contributed by atoms with Gasteiger partial charge in [-0.05, 0) is 11.1 Å². The molecule has 0 aliphatic heterocycles. The monoisotopic (exact) mass is 437 g/mol. The van der Waals surface area contributed by atoms with E-state index in [0.29, 0.717) is 26.2 Å². The van der Waals surface area contributed by atoms with Crippen molar-refractivity contribution in [1.82, 2.24) is 10.6 Å². The maximum atomic E-state index is 10.2. The van der Waals surface area contributed by atoms with E-state index < -0.39 is 11.9 Å². The van der Waals surface area contributed by atoms with E-state index in [0.717, 1.165) is 24.3 Å². The van der Waals surface area contributed by atoms with Gasteiger partial charge in [0.1, 0.15) is 0 Å².